The van der Waals surface area contributed by atoms with Crippen molar-refractivity contribution in [3.05, 3.63) is 77.1 Å². The van der Waals surface area contributed by atoms with Crippen molar-refractivity contribution in [3.63, 3.8) is 0 Å². The Morgan fingerprint density at radius 1 is 0.925 bits per heavy atom. The Hall–Kier alpha value is -3.62. The SMILES string of the molecule is O=C(N[C@@]1(C(=O)O)CC2C[C@@H]3C[C@H](C2)C[C@H]1C3)c1ccc2cc(F)ccc2c1OCc1ccc(C(F)(F)F)cc1. The highest BCUT2D eigenvalue weighted by atomic mass is 19.4. The highest BCUT2D eigenvalue weighted by Crippen LogP contribution is 2.55. The molecule has 4 aliphatic carbocycles. The number of amides is 1. The number of halogens is 4. The van der Waals surface area contributed by atoms with Crippen molar-refractivity contribution in [2.45, 2.75) is 56.8 Å². The smallest absolute Gasteiger partial charge is 0.416 e. The van der Waals surface area contributed by atoms with Gasteiger partial charge in [0.15, 0.2) is 0 Å². The molecule has 0 radical (unpaired) electrons. The average Bonchev–Trinajstić information content (AvgIpc) is 3.07. The fraction of sp³-hybridized carbons (Fsp3) is 0.419. The standard InChI is InChI=1S/C31H29F4NO4/c32-24-6-8-25-21(14-24)3-7-26(27(25)40-16-17-1-4-22(5-2-17)31(33,34)35)28(37)36-30(29(38)39)15-20-10-18-9-19(11-20)13-23(30)12-18/h1-8,14,18-20,23H,9-13,15-16H2,(H,36,37)(H,38,39)/t18-,19+,20?,23+,30-/m0/s1. The number of carboxylic acid groups (broad SMARTS) is 1. The number of carbonyl (C=O) groups excluding carboxylic acids is 1. The predicted molar refractivity (Wildman–Crippen MR) is 139 cm³/mol. The fourth-order valence-corrected chi connectivity index (χ4v) is 7.47. The van der Waals surface area contributed by atoms with E-state index in [1.54, 1.807) is 6.07 Å². The van der Waals surface area contributed by atoms with Gasteiger partial charge in [-0.15, -0.1) is 0 Å². The number of aliphatic carboxylic acids is 1. The number of alkyl halides is 3. The number of hydrogen-bond acceptors (Lipinski definition) is 3. The molecule has 5 atom stereocenters. The molecule has 0 heterocycles. The first-order valence-electron chi connectivity index (χ1n) is 13.6. The van der Waals surface area contributed by atoms with Crippen LogP contribution in [0.15, 0.2) is 54.6 Å². The lowest BCUT2D eigenvalue weighted by Gasteiger charge is -2.41. The van der Waals surface area contributed by atoms with Gasteiger partial charge in [-0.05, 0) is 110 Å². The Balaban J connectivity index is 1.33. The molecule has 3 aromatic rings. The number of carboxylic acids is 1. The second-order valence-electron chi connectivity index (χ2n) is 11.7. The molecule has 210 valence electrons. The van der Waals surface area contributed by atoms with Crippen molar-refractivity contribution >= 4 is 22.6 Å². The molecular formula is C31H29F4NO4. The average molecular weight is 556 g/mol. The minimum Gasteiger partial charge on any atom is -0.487 e. The van der Waals surface area contributed by atoms with Crippen LogP contribution in [0.4, 0.5) is 17.6 Å². The number of benzene rings is 3. The van der Waals surface area contributed by atoms with E-state index in [-0.39, 0.29) is 29.8 Å². The molecule has 4 aliphatic rings. The summed E-state index contributed by atoms with van der Waals surface area (Å²) in [5, 5.41) is 14.3. The molecule has 4 fully saturated rings. The zero-order valence-corrected chi connectivity index (χ0v) is 21.6. The Morgan fingerprint density at radius 2 is 1.60 bits per heavy atom. The lowest BCUT2D eigenvalue weighted by atomic mass is 9.66. The van der Waals surface area contributed by atoms with Crippen molar-refractivity contribution in [1.29, 1.82) is 0 Å². The Bertz CT molecular complexity index is 1460. The van der Waals surface area contributed by atoms with Crippen LogP contribution in [-0.2, 0) is 17.6 Å². The summed E-state index contributed by atoms with van der Waals surface area (Å²) in [5.74, 6) is -0.953. The van der Waals surface area contributed by atoms with E-state index in [0.717, 1.165) is 44.2 Å². The van der Waals surface area contributed by atoms with Crippen LogP contribution in [0.2, 0.25) is 0 Å². The molecule has 40 heavy (non-hydrogen) atoms. The quantitative estimate of drug-likeness (QED) is 0.322. The first-order chi connectivity index (χ1) is 19.0. The number of carbonyl (C=O) groups is 2. The van der Waals surface area contributed by atoms with Crippen LogP contribution in [0.3, 0.4) is 0 Å². The van der Waals surface area contributed by atoms with Gasteiger partial charge in [-0.2, -0.15) is 13.2 Å². The summed E-state index contributed by atoms with van der Waals surface area (Å²) in [6.07, 6.45) is 0.553. The summed E-state index contributed by atoms with van der Waals surface area (Å²) in [6.45, 7) is -0.146. The van der Waals surface area contributed by atoms with Gasteiger partial charge >= 0.3 is 12.1 Å². The van der Waals surface area contributed by atoms with E-state index >= 15 is 0 Å². The summed E-state index contributed by atoms with van der Waals surface area (Å²) in [4.78, 5) is 26.7. The van der Waals surface area contributed by atoms with Crippen LogP contribution < -0.4 is 10.1 Å². The first-order valence-corrected chi connectivity index (χ1v) is 13.6. The topological polar surface area (TPSA) is 75.6 Å². The van der Waals surface area contributed by atoms with Crippen LogP contribution >= 0.6 is 0 Å². The lowest BCUT2D eigenvalue weighted by Crippen LogP contribution is -2.59. The first kappa shape index (κ1) is 26.6. The van der Waals surface area contributed by atoms with Gasteiger partial charge < -0.3 is 15.2 Å². The minimum absolute atomic E-state index is 0.0931. The van der Waals surface area contributed by atoms with E-state index in [0.29, 0.717) is 34.6 Å². The van der Waals surface area contributed by atoms with E-state index in [9.17, 15) is 32.3 Å². The van der Waals surface area contributed by atoms with Gasteiger partial charge in [0.1, 0.15) is 23.7 Å². The molecule has 1 amide bonds. The molecule has 1 unspecified atom stereocenters. The van der Waals surface area contributed by atoms with Crippen LogP contribution in [-0.4, -0.2) is 22.5 Å². The molecule has 3 aromatic carbocycles. The number of hydrogen-bond donors (Lipinski definition) is 2. The number of fused-ring (bicyclic) bond motifs is 2. The van der Waals surface area contributed by atoms with Gasteiger partial charge in [-0.25, -0.2) is 9.18 Å². The van der Waals surface area contributed by atoms with Gasteiger partial charge in [0.2, 0.25) is 0 Å². The molecule has 0 aliphatic heterocycles. The van der Waals surface area contributed by atoms with Gasteiger partial charge in [-0.1, -0.05) is 18.2 Å². The highest BCUT2D eigenvalue weighted by molar-refractivity contribution is 6.05. The normalized spacial score (nSPS) is 27.4. The summed E-state index contributed by atoms with van der Waals surface area (Å²) in [6, 6.07) is 11.6. The third kappa shape index (κ3) is 4.80. The molecule has 0 saturated heterocycles. The minimum atomic E-state index is -4.47. The summed E-state index contributed by atoms with van der Waals surface area (Å²) in [7, 11) is 0. The van der Waals surface area contributed by atoms with E-state index in [2.05, 4.69) is 5.32 Å². The van der Waals surface area contributed by atoms with Gasteiger partial charge in [-0.3, -0.25) is 4.79 Å². The molecular weight excluding hydrogens is 526 g/mol. The number of rotatable bonds is 6. The Kier molecular flexibility index (Phi) is 6.50. The summed E-state index contributed by atoms with van der Waals surface area (Å²) in [5.41, 5.74) is -1.65. The van der Waals surface area contributed by atoms with E-state index < -0.39 is 35.0 Å². The third-order valence-corrected chi connectivity index (χ3v) is 9.10. The molecule has 0 spiro atoms. The second kappa shape index (κ2) is 9.78. The van der Waals surface area contributed by atoms with Crippen LogP contribution in [0.25, 0.3) is 10.8 Å². The Morgan fingerprint density at radius 3 is 2.25 bits per heavy atom. The Labute approximate surface area is 228 Å². The van der Waals surface area contributed by atoms with Crippen molar-refractivity contribution < 1.29 is 37.0 Å². The van der Waals surface area contributed by atoms with Crippen LogP contribution in [0.5, 0.6) is 5.75 Å². The molecule has 7 rings (SSSR count). The van der Waals surface area contributed by atoms with Crippen molar-refractivity contribution in [3.8, 4) is 5.75 Å². The maximum absolute atomic E-state index is 14.0. The highest BCUT2D eigenvalue weighted by Gasteiger charge is 2.56. The summed E-state index contributed by atoms with van der Waals surface area (Å²) < 4.78 is 59.0. The molecule has 2 N–H and O–H groups in total. The molecule has 0 aromatic heterocycles. The third-order valence-electron chi connectivity index (χ3n) is 9.10. The zero-order chi connectivity index (χ0) is 28.2. The van der Waals surface area contributed by atoms with E-state index in [4.69, 9.17) is 4.74 Å². The number of ether oxygens (including phenoxy) is 1. The van der Waals surface area contributed by atoms with Crippen LogP contribution in [0.1, 0.15) is 60.0 Å². The molecule has 5 nitrogen and oxygen atoms in total. The van der Waals surface area contributed by atoms with Gasteiger partial charge in [0.25, 0.3) is 5.91 Å². The second-order valence-corrected chi connectivity index (χ2v) is 11.7. The predicted octanol–water partition coefficient (Wildman–Crippen LogP) is 6.98. The zero-order valence-electron chi connectivity index (χ0n) is 21.6. The van der Waals surface area contributed by atoms with E-state index in [1.807, 2.05) is 0 Å². The fourth-order valence-electron chi connectivity index (χ4n) is 7.47. The van der Waals surface area contributed by atoms with Crippen LogP contribution in [0, 0.1) is 29.5 Å². The van der Waals surface area contributed by atoms with Crippen molar-refractivity contribution in [1.82, 2.24) is 5.32 Å². The van der Waals surface area contributed by atoms with E-state index in [1.165, 1.54) is 36.4 Å². The van der Waals surface area contributed by atoms with Crippen molar-refractivity contribution in [2.24, 2.45) is 23.7 Å². The molecule has 4 bridgehead atoms. The largest absolute Gasteiger partial charge is 0.487 e. The maximum Gasteiger partial charge on any atom is 0.416 e. The molecule has 4 saturated carbocycles. The van der Waals surface area contributed by atoms with Gasteiger partial charge in [0, 0.05) is 5.39 Å². The molecule has 9 heteroatoms. The number of nitrogens with one attached hydrogen (secondary N) is 1. The maximum atomic E-state index is 14.0. The lowest BCUT2D eigenvalue weighted by molar-refractivity contribution is -0.148. The van der Waals surface area contributed by atoms with Crippen molar-refractivity contribution in [2.75, 3.05) is 0 Å². The van der Waals surface area contributed by atoms with Gasteiger partial charge in [0.05, 0.1) is 11.1 Å². The summed E-state index contributed by atoms with van der Waals surface area (Å²) >= 11 is 0. The monoisotopic (exact) mass is 555 g/mol.